The van der Waals surface area contributed by atoms with E-state index in [1.165, 1.54) is 7.05 Å². The van der Waals surface area contributed by atoms with Gasteiger partial charge in [-0.15, -0.1) is 0 Å². The first-order chi connectivity index (χ1) is 2.80. The van der Waals surface area contributed by atoms with Crippen LogP contribution in [0.5, 0.6) is 0 Å². The zero-order chi connectivity index (χ0) is 4.57. The molecule has 0 radical (unpaired) electrons. The van der Waals surface area contributed by atoms with E-state index in [0.29, 0.717) is 0 Å². The number of hydrogen-bond acceptors (Lipinski definition) is 2. The summed E-state index contributed by atoms with van der Waals surface area (Å²) in [6, 6.07) is 0. The molecule has 0 atom stereocenters. The summed E-state index contributed by atoms with van der Waals surface area (Å²) in [6.07, 6.45) is 2.80. The Labute approximate surface area is 36.6 Å². The lowest BCUT2D eigenvalue weighted by Gasteiger charge is -2.19. The maximum absolute atomic E-state index is 10.1. The third-order valence-corrected chi connectivity index (χ3v) is 0.791. The first kappa shape index (κ1) is 3.68. The van der Waals surface area contributed by atoms with Crippen molar-refractivity contribution < 1.29 is 0 Å². The summed E-state index contributed by atoms with van der Waals surface area (Å²) in [6.45, 7) is 0. The quantitative estimate of drug-likeness (QED) is 0.437. The lowest BCUT2D eigenvalue weighted by molar-refractivity contribution is 0.595. The molecule has 0 fully saturated rings. The van der Waals surface area contributed by atoms with Crippen LogP contribution in [0.3, 0.4) is 0 Å². The molecule has 0 saturated carbocycles. The zero-order valence-electron chi connectivity index (χ0n) is 3.64. The van der Waals surface area contributed by atoms with Gasteiger partial charge in [-0.3, -0.25) is 0 Å². The summed E-state index contributed by atoms with van der Waals surface area (Å²) < 4.78 is 0. The van der Waals surface area contributed by atoms with E-state index in [1.807, 2.05) is 6.08 Å². The van der Waals surface area contributed by atoms with E-state index in [2.05, 4.69) is 0 Å². The van der Waals surface area contributed by atoms with Crippen molar-refractivity contribution in [1.29, 1.82) is 0 Å². The molecular formula is C4H6NO-. The van der Waals surface area contributed by atoms with E-state index < -0.39 is 0 Å². The molecule has 0 heterocycles. The van der Waals surface area contributed by atoms with Gasteiger partial charge in [-0.25, -0.2) is 0 Å². The first-order valence-corrected chi connectivity index (χ1v) is 1.90. The van der Waals surface area contributed by atoms with Crippen molar-refractivity contribution in [2.75, 3.05) is 7.05 Å². The molecular weight excluding hydrogens is 78.0 g/mol. The van der Waals surface area contributed by atoms with Gasteiger partial charge in [0.15, 0.2) is 0 Å². The highest BCUT2D eigenvalue weighted by Crippen LogP contribution is 2.19. The summed E-state index contributed by atoms with van der Waals surface area (Å²) in [4.78, 5) is 0. The molecule has 34 valence electrons. The fraction of sp³-hybridized carbons (Fsp3) is 0.500. The van der Waals surface area contributed by atoms with Gasteiger partial charge in [0.25, 0.3) is 0 Å². The van der Waals surface area contributed by atoms with Crippen molar-refractivity contribution in [1.82, 2.24) is 5.06 Å². The lowest BCUT2D eigenvalue weighted by atomic mass is 10.8. The largest absolute Gasteiger partial charge is 0.759 e. The molecule has 1 aliphatic rings. The fourth-order valence-electron chi connectivity index (χ4n) is 0.303. The van der Waals surface area contributed by atoms with Crippen LogP contribution in [0.1, 0.15) is 6.42 Å². The molecule has 1 rings (SSSR count). The van der Waals surface area contributed by atoms with Gasteiger partial charge in [0.2, 0.25) is 0 Å². The average Bonchev–Trinajstić information content (AvgIpc) is 2.06. The summed E-state index contributed by atoms with van der Waals surface area (Å²) in [7, 11) is 1.51. The smallest absolute Gasteiger partial charge is 0.00623 e. The van der Waals surface area contributed by atoms with E-state index in [0.717, 1.165) is 17.2 Å². The molecule has 0 aliphatic heterocycles. The minimum Gasteiger partial charge on any atom is -0.759 e. The highest BCUT2D eigenvalue weighted by atomic mass is 16.5. The van der Waals surface area contributed by atoms with Crippen LogP contribution in [0, 0.1) is 5.21 Å². The fourth-order valence-corrected chi connectivity index (χ4v) is 0.303. The van der Waals surface area contributed by atoms with Gasteiger partial charge in [0.05, 0.1) is 0 Å². The Morgan fingerprint density at radius 3 is 2.50 bits per heavy atom. The van der Waals surface area contributed by atoms with Gasteiger partial charge in [0.1, 0.15) is 0 Å². The maximum atomic E-state index is 10.1. The van der Waals surface area contributed by atoms with Crippen molar-refractivity contribution in [3.63, 3.8) is 0 Å². The number of hydroxylamine groups is 2. The van der Waals surface area contributed by atoms with Crippen LogP contribution in [-0.4, -0.2) is 12.1 Å². The van der Waals surface area contributed by atoms with Gasteiger partial charge < -0.3 is 10.3 Å². The van der Waals surface area contributed by atoms with Gasteiger partial charge in [-0.2, -0.15) is 0 Å². The monoisotopic (exact) mass is 84.0 g/mol. The van der Waals surface area contributed by atoms with E-state index in [1.54, 1.807) is 0 Å². The standard InChI is InChI=1S/C4H6NO/c1-5(6)4-2-3-4/h2H,3H2,1H3/q-1. The number of hydrogen-bond donors (Lipinski definition) is 0. The Kier molecular flexibility index (Phi) is 0.601. The van der Waals surface area contributed by atoms with Crippen LogP contribution < -0.4 is 0 Å². The molecule has 0 aromatic heterocycles. The Morgan fingerprint density at radius 2 is 2.50 bits per heavy atom. The minimum atomic E-state index is 0.889. The zero-order valence-corrected chi connectivity index (χ0v) is 3.64. The second kappa shape index (κ2) is 0.980. The summed E-state index contributed by atoms with van der Waals surface area (Å²) >= 11 is 0. The summed E-state index contributed by atoms with van der Waals surface area (Å²) in [5.74, 6) is 0. The molecule has 6 heavy (non-hydrogen) atoms. The topological polar surface area (TPSA) is 26.3 Å². The first-order valence-electron chi connectivity index (χ1n) is 1.90. The van der Waals surface area contributed by atoms with E-state index in [4.69, 9.17) is 0 Å². The second-order valence-electron chi connectivity index (χ2n) is 1.40. The van der Waals surface area contributed by atoms with Crippen molar-refractivity contribution in [3.8, 4) is 0 Å². The summed E-state index contributed by atoms with van der Waals surface area (Å²) in [5, 5.41) is 10.9. The van der Waals surface area contributed by atoms with Gasteiger partial charge in [0, 0.05) is 12.1 Å². The molecule has 0 aromatic carbocycles. The van der Waals surface area contributed by atoms with Crippen LogP contribution in [0.25, 0.3) is 0 Å². The van der Waals surface area contributed by atoms with Gasteiger partial charge in [-0.1, -0.05) is 6.08 Å². The third kappa shape index (κ3) is 0.518. The highest BCUT2D eigenvalue weighted by Gasteiger charge is 2.03. The van der Waals surface area contributed by atoms with E-state index in [-0.39, 0.29) is 0 Å². The third-order valence-electron chi connectivity index (χ3n) is 0.791. The number of rotatable bonds is 1. The number of nitrogens with zero attached hydrogens (tertiary/aromatic N) is 1. The number of allylic oxidation sites excluding steroid dienone is 2. The SMILES string of the molecule is CN([O-])C1=CC1. The van der Waals surface area contributed by atoms with Crippen LogP contribution in [0.2, 0.25) is 0 Å². The molecule has 1 aliphatic carbocycles. The Balaban J connectivity index is 2.31. The van der Waals surface area contributed by atoms with Crippen molar-refractivity contribution in [3.05, 3.63) is 17.0 Å². The Bertz CT molecular complexity index is 85.5. The molecule has 2 heteroatoms. The maximum Gasteiger partial charge on any atom is 0.00623 e. The van der Waals surface area contributed by atoms with Crippen molar-refractivity contribution in [2.24, 2.45) is 0 Å². The predicted molar refractivity (Wildman–Crippen MR) is 23.8 cm³/mol. The molecule has 0 aromatic rings. The second-order valence-corrected chi connectivity index (χ2v) is 1.40. The van der Waals surface area contributed by atoms with Crippen LogP contribution in [0.15, 0.2) is 11.8 Å². The van der Waals surface area contributed by atoms with Crippen LogP contribution in [0.4, 0.5) is 0 Å². The van der Waals surface area contributed by atoms with Gasteiger partial charge in [-0.05, 0) is 7.05 Å². The van der Waals surface area contributed by atoms with Crippen molar-refractivity contribution in [2.45, 2.75) is 6.42 Å². The molecule has 0 spiro atoms. The summed E-state index contributed by atoms with van der Waals surface area (Å²) in [5.41, 5.74) is 0.912. The minimum absolute atomic E-state index is 0.889. The highest BCUT2D eigenvalue weighted by molar-refractivity contribution is 5.19. The predicted octanol–water partition coefficient (Wildman–Crippen LogP) is 0.704. The van der Waals surface area contributed by atoms with Crippen LogP contribution >= 0.6 is 0 Å². The molecule has 0 bridgehead atoms. The van der Waals surface area contributed by atoms with Crippen molar-refractivity contribution >= 4 is 0 Å². The van der Waals surface area contributed by atoms with Crippen LogP contribution in [-0.2, 0) is 0 Å². The Morgan fingerprint density at radius 1 is 2.00 bits per heavy atom. The molecule has 0 unspecified atom stereocenters. The van der Waals surface area contributed by atoms with Gasteiger partial charge >= 0.3 is 0 Å². The average molecular weight is 84.1 g/mol. The van der Waals surface area contributed by atoms with E-state index >= 15 is 0 Å². The molecule has 0 saturated heterocycles. The normalized spacial score (nSPS) is 16.7. The molecule has 0 amide bonds. The Hall–Kier alpha value is -0.500. The van der Waals surface area contributed by atoms with E-state index in [9.17, 15) is 5.21 Å². The molecule has 2 nitrogen and oxygen atoms in total. The molecule has 0 N–H and O–H groups in total. The lowest BCUT2D eigenvalue weighted by Crippen LogP contribution is -1.98.